The molecule has 0 radical (unpaired) electrons. The second-order valence-electron chi connectivity index (χ2n) is 5.73. The van der Waals surface area contributed by atoms with E-state index >= 15 is 0 Å². The molecule has 106 valence electrons. The minimum absolute atomic E-state index is 0.0441. The van der Waals surface area contributed by atoms with E-state index in [0.29, 0.717) is 25.7 Å². The molecule has 0 aliphatic carbocycles. The number of hydrogen-bond acceptors (Lipinski definition) is 4. The molecule has 0 spiro atoms. The normalized spacial score (nSPS) is 20.9. The second kappa shape index (κ2) is 6.95. The SMILES string of the molecule is CC(C)(C)OC(=O)N1CCCC(COCCO)C1. The van der Waals surface area contributed by atoms with E-state index in [9.17, 15) is 4.79 Å². The van der Waals surface area contributed by atoms with E-state index in [4.69, 9.17) is 14.6 Å². The van der Waals surface area contributed by atoms with E-state index in [1.807, 2.05) is 20.8 Å². The summed E-state index contributed by atoms with van der Waals surface area (Å²) >= 11 is 0. The van der Waals surface area contributed by atoms with Crippen LogP contribution < -0.4 is 0 Å². The molecule has 1 fully saturated rings. The van der Waals surface area contributed by atoms with E-state index in [1.54, 1.807) is 4.90 Å². The van der Waals surface area contributed by atoms with E-state index in [-0.39, 0.29) is 12.7 Å². The average molecular weight is 259 g/mol. The average Bonchev–Trinajstić information content (AvgIpc) is 2.27. The fraction of sp³-hybridized carbons (Fsp3) is 0.923. The lowest BCUT2D eigenvalue weighted by Gasteiger charge is -2.34. The van der Waals surface area contributed by atoms with Crippen LogP contribution in [0.15, 0.2) is 0 Å². The molecule has 5 heteroatoms. The first-order valence-electron chi connectivity index (χ1n) is 6.59. The summed E-state index contributed by atoms with van der Waals surface area (Å²) in [6.45, 7) is 8.06. The van der Waals surface area contributed by atoms with Crippen molar-refractivity contribution < 1.29 is 19.4 Å². The molecule has 1 aliphatic rings. The van der Waals surface area contributed by atoms with Gasteiger partial charge in [-0.3, -0.25) is 0 Å². The molecule has 1 N–H and O–H groups in total. The molecule has 0 aromatic carbocycles. The second-order valence-corrected chi connectivity index (χ2v) is 5.73. The number of aliphatic hydroxyl groups is 1. The number of aliphatic hydroxyl groups excluding tert-OH is 1. The van der Waals surface area contributed by atoms with Crippen molar-refractivity contribution in [2.75, 3.05) is 32.9 Å². The zero-order valence-corrected chi connectivity index (χ0v) is 11.6. The van der Waals surface area contributed by atoms with Gasteiger partial charge in [-0.2, -0.15) is 0 Å². The van der Waals surface area contributed by atoms with E-state index in [0.717, 1.165) is 19.4 Å². The third-order valence-electron chi connectivity index (χ3n) is 2.76. The predicted molar refractivity (Wildman–Crippen MR) is 68.4 cm³/mol. The van der Waals surface area contributed by atoms with Gasteiger partial charge in [0.25, 0.3) is 0 Å². The number of rotatable bonds is 4. The third-order valence-corrected chi connectivity index (χ3v) is 2.76. The Kier molecular flexibility index (Phi) is 5.88. The van der Waals surface area contributed by atoms with Crippen molar-refractivity contribution in [3.63, 3.8) is 0 Å². The Labute approximate surface area is 109 Å². The largest absolute Gasteiger partial charge is 0.444 e. The van der Waals surface area contributed by atoms with Crippen molar-refractivity contribution in [2.45, 2.75) is 39.2 Å². The summed E-state index contributed by atoms with van der Waals surface area (Å²) < 4.78 is 10.7. The Morgan fingerprint density at radius 3 is 2.78 bits per heavy atom. The number of nitrogens with zero attached hydrogens (tertiary/aromatic N) is 1. The van der Waals surface area contributed by atoms with Gasteiger partial charge >= 0.3 is 6.09 Å². The van der Waals surface area contributed by atoms with Gasteiger partial charge in [0.2, 0.25) is 0 Å². The van der Waals surface area contributed by atoms with Crippen molar-refractivity contribution in [1.82, 2.24) is 4.90 Å². The lowest BCUT2D eigenvalue weighted by molar-refractivity contribution is 0.00461. The molecule has 1 rings (SSSR count). The Hall–Kier alpha value is -0.810. The zero-order chi connectivity index (χ0) is 13.6. The van der Waals surface area contributed by atoms with Crippen molar-refractivity contribution in [1.29, 1.82) is 0 Å². The summed E-state index contributed by atoms with van der Waals surface area (Å²) in [4.78, 5) is 13.7. The van der Waals surface area contributed by atoms with Gasteiger partial charge in [-0.1, -0.05) is 0 Å². The summed E-state index contributed by atoms with van der Waals surface area (Å²) in [5, 5.41) is 8.65. The minimum atomic E-state index is -0.447. The predicted octanol–water partition coefficient (Wildman–Crippen LogP) is 1.64. The summed E-state index contributed by atoms with van der Waals surface area (Å²) in [5.41, 5.74) is -0.447. The Morgan fingerprint density at radius 1 is 1.44 bits per heavy atom. The van der Waals surface area contributed by atoms with E-state index in [2.05, 4.69) is 0 Å². The summed E-state index contributed by atoms with van der Waals surface area (Å²) in [6, 6.07) is 0. The van der Waals surface area contributed by atoms with Crippen molar-refractivity contribution in [3.05, 3.63) is 0 Å². The van der Waals surface area contributed by atoms with Gasteiger partial charge in [0.1, 0.15) is 5.60 Å². The number of amides is 1. The fourth-order valence-electron chi connectivity index (χ4n) is 2.01. The Bertz CT molecular complexity index is 262. The lowest BCUT2D eigenvalue weighted by Crippen LogP contribution is -2.43. The topological polar surface area (TPSA) is 59.0 Å². The quantitative estimate of drug-likeness (QED) is 0.780. The molecule has 0 aromatic rings. The molecule has 0 saturated carbocycles. The molecule has 1 saturated heterocycles. The van der Waals surface area contributed by atoms with Gasteiger partial charge in [0.05, 0.1) is 19.8 Å². The molecule has 1 aliphatic heterocycles. The van der Waals surface area contributed by atoms with Gasteiger partial charge in [-0.05, 0) is 33.6 Å². The monoisotopic (exact) mass is 259 g/mol. The molecule has 1 amide bonds. The molecule has 1 heterocycles. The first-order chi connectivity index (χ1) is 8.42. The van der Waals surface area contributed by atoms with Gasteiger partial charge in [0, 0.05) is 19.0 Å². The van der Waals surface area contributed by atoms with Crippen LogP contribution in [-0.4, -0.2) is 54.6 Å². The van der Waals surface area contributed by atoms with Crippen molar-refractivity contribution >= 4 is 6.09 Å². The lowest BCUT2D eigenvalue weighted by atomic mass is 9.99. The number of carbonyl (C=O) groups is 1. The molecule has 0 aromatic heterocycles. The highest BCUT2D eigenvalue weighted by molar-refractivity contribution is 5.68. The number of carbonyl (C=O) groups excluding carboxylic acids is 1. The number of piperidine rings is 1. The van der Waals surface area contributed by atoms with Gasteiger partial charge in [-0.15, -0.1) is 0 Å². The molecular weight excluding hydrogens is 234 g/mol. The summed E-state index contributed by atoms with van der Waals surface area (Å²) in [5.74, 6) is 0.345. The van der Waals surface area contributed by atoms with Crippen LogP contribution in [0.2, 0.25) is 0 Å². The van der Waals surface area contributed by atoms with Crippen LogP contribution in [0.25, 0.3) is 0 Å². The van der Waals surface area contributed by atoms with Gasteiger partial charge in [-0.25, -0.2) is 4.79 Å². The van der Waals surface area contributed by atoms with Crippen LogP contribution >= 0.6 is 0 Å². The Balaban J connectivity index is 2.36. The van der Waals surface area contributed by atoms with Crippen LogP contribution in [0.5, 0.6) is 0 Å². The maximum Gasteiger partial charge on any atom is 0.410 e. The molecule has 5 nitrogen and oxygen atoms in total. The van der Waals surface area contributed by atoms with Crippen LogP contribution in [0.3, 0.4) is 0 Å². The maximum absolute atomic E-state index is 11.9. The van der Waals surface area contributed by atoms with Crippen LogP contribution in [0.4, 0.5) is 4.79 Å². The smallest absolute Gasteiger partial charge is 0.410 e. The van der Waals surface area contributed by atoms with E-state index < -0.39 is 5.60 Å². The highest BCUT2D eigenvalue weighted by atomic mass is 16.6. The van der Waals surface area contributed by atoms with Crippen LogP contribution in [-0.2, 0) is 9.47 Å². The van der Waals surface area contributed by atoms with Crippen LogP contribution in [0.1, 0.15) is 33.6 Å². The number of ether oxygens (including phenoxy) is 2. The molecule has 1 unspecified atom stereocenters. The number of likely N-dealkylation sites (tertiary alicyclic amines) is 1. The fourth-order valence-corrected chi connectivity index (χ4v) is 2.01. The maximum atomic E-state index is 11.9. The molecule has 1 atom stereocenters. The molecule has 0 bridgehead atoms. The highest BCUT2D eigenvalue weighted by Crippen LogP contribution is 2.19. The zero-order valence-electron chi connectivity index (χ0n) is 11.6. The van der Waals surface area contributed by atoms with Crippen LogP contribution in [0, 0.1) is 5.92 Å². The van der Waals surface area contributed by atoms with E-state index in [1.165, 1.54) is 0 Å². The minimum Gasteiger partial charge on any atom is -0.444 e. The van der Waals surface area contributed by atoms with Gasteiger partial charge < -0.3 is 19.5 Å². The first kappa shape index (κ1) is 15.2. The summed E-state index contributed by atoms with van der Waals surface area (Å²) in [6.07, 6.45) is 1.80. The van der Waals surface area contributed by atoms with Crippen molar-refractivity contribution in [2.24, 2.45) is 5.92 Å². The summed E-state index contributed by atoms with van der Waals surface area (Å²) in [7, 11) is 0. The molecule has 18 heavy (non-hydrogen) atoms. The number of hydrogen-bond donors (Lipinski definition) is 1. The third kappa shape index (κ3) is 5.69. The molecular formula is C13H25NO4. The highest BCUT2D eigenvalue weighted by Gasteiger charge is 2.27. The van der Waals surface area contributed by atoms with Gasteiger partial charge in [0.15, 0.2) is 0 Å². The Morgan fingerprint density at radius 2 is 2.17 bits per heavy atom. The first-order valence-corrected chi connectivity index (χ1v) is 6.59. The van der Waals surface area contributed by atoms with Crippen molar-refractivity contribution in [3.8, 4) is 0 Å². The standard InChI is InChI=1S/C13H25NO4/c1-13(2,3)18-12(16)14-6-4-5-11(9-14)10-17-8-7-15/h11,15H,4-10H2,1-3H3.